The van der Waals surface area contributed by atoms with Crippen molar-refractivity contribution in [3.05, 3.63) is 64.1 Å². The smallest absolute Gasteiger partial charge is 0.328 e. The molecule has 108 valence electrons. The summed E-state index contributed by atoms with van der Waals surface area (Å²) < 4.78 is 6.52. The summed E-state index contributed by atoms with van der Waals surface area (Å²) in [6, 6.07) is 12.1. The first-order valence-corrected chi connectivity index (χ1v) is 6.95. The summed E-state index contributed by atoms with van der Waals surface area (Å²) in [6.45, 7) is 0.282. The monoisotopic (exact) mass is 348 g/mol. The number of aliphatic carboxylic acids is 1. The van der Waals surface area contributed by atoms with E-state index in [9.17, 15) is 9.90 Å². The zero-order chi connectivity index (χ0) is 15.2. The number of rotatable bonds is 5. The minimum Gasteiger partial charge on any atom is -0.508 e. The second kappa shape index (κ2) is 6.95. The molecular weight excluding hydrogens is 336 g/mol. The van der Waals surface area contributed by atoms with Gasteiger partial charge in [0.25, 0.3) is 0 Å². The fraction of sp³-hybridized carbons (Fsp3) is 0.0625. The Kier molecular flexibility index (Phi) is 5.00. The van der Waals surface area contributed by atoms with Crippen molar-refractivity contribution in [2.24, 2.45) is 0 Å². The van der Waals surface area contributed by atoms with Crippen LogP contribution in [0, 0.1) is 0 Å². The zero-order valence-corrected chi connectivity index (χ0v) is 12.6. The number of carbonyl (C=O) groups is 1. The largest absolute Gasteiger partial charge is 0.508 e. The lowest BCUT2D eigenvalue weighted by molar-refractivity contribution is -0.131. The van der Waals surface area contributed by atoms with Crippen LogP contribution < -0.4 is 4.74 Å². The molecule has 0 aromatic heterocycles. The molecule has 0 aliphatic carbocycles. The number of halogens is 1. The van der Waals surface area contributed by atoms with Crippen LogP contribution in [-0.4, -0.2) is 16.2 Å². The Morgan fingerprint density at radius 2 is 2.05 bits per heavy atom. The van der Waals surface area contributed by atoms with Gasteiger partial charge in [0, 0.05) is 16.1 Å². The fourth-order valence-corrected chi connectivity index (χ4v) is 2.13. The van der Waals surface area contributed by atoms with Crippen LogP contribution in [0.1, 0.15) is 11.1 Å². The van der Waals surface area contributed by atoms with Gasteiger partial charge in [0.1, 0.15) is 18.1 Å². The number of phenolic OH excluding ortho intramolecular Hbond substituents is 1. The molecule has 0 aliphatic rings. The first-order valence-electron chi connectivity index (χ1n) is 6.16. The van der Waals surface area contributed by atoms with E-state index in [1.54, 1.807) is 30.3 Å². The van der Waals surface area contributed by atoms with Crippen molar-refractivity contribution in [3.63, 3.8) is 0 Å². The molecule has 0 saturated carbocycles. The molecule has 4 nitrogen and oxygen atoms in total. The van der Waals surface area contributed by atoms with Gasteiger partial charge in [0.05, 0.1) is 0 Å². The molecule has 0 spiro atoms. The highest BCUT2D eigenvalue weighted by Crippen LogP contribution is 2.25. The van der Waals surface area contributed by atoms with Crippen LogP contribution in [0.25, 0.3) is 6.08 Å². The molecule has 0 atom stereocenters. The molecule has 21 heavy (non-hydrogen) atoms. The molecule has 0 fully saturated rings. The van der Waals surface area contributed by atoms with Crippen molar-refractivity contribution in [3.8, 4) is 11.5 Å². The van der Waals surface area contributed by atoms with Crippen LogP contribution in [0.5, 0.6) is 11.5 Å². The van der Waals surface area contributed by atoms with Crippen molar-refractivity contribution in [1.29, 1.82) is 0 Å². The number of benzene rings is 2. The number of ether oxygens (including phenoxy) is 1. The average Bonchev–Trinajstić information content (AvgIpc) is 2.44. The van der Waals surface area contributed by atoms with Crippen LogP contribution in [0.2, 0.25) is 0 Å². The number of carboxylic acid groups (broad SMARTS) is 1. The van der Waals surface area contributed by atoms with E-state index in [2.05, 4.69) is 15.9 Å². The molecule has 0 saturated heterocycles. The molecule has 0 bridgehead atoms. The van der Waals surface area contributed by atoms with Gasteiger partial charge in [-0.3, -0.25) is 0 Å². The molecule has 0 aliphatic heterocycles. The summed E-state index contributed by atoms with van der Waals surface area (Å²) in [6.07, 6.45) is 2.54. The van der Waals surface area contributed by atoms with E-state index in [4.69, 9.17) is 9.84 Å². The number of hydrogen-bond acceptors (Lipinski definition) is 3. The molecule has 0 unspecified atom stereocenters. The second-order valence-corrected chi connectivity index (χ2v) is 5.23. The topological polar surface area (TPSA) is 66.8 Å². The number of aromatic hydroxyl groups is 1. The fourth-order valence-electron chi connectivity index (χ4n) is 1.75. The first-order chi connectivity index (χ1) is 10.0. The molecule has 2 rings (SSSR count). The lowest BCUT2D eigenvalue weighted by atomic mass is 10.2. The van der Waals surface area contributed by atoms with Crippen LogP contribution in [0.15, 0.2) is 53.0 Å². The minimum absolute atomic E-state index is 0.179. The van der Waals surface area contributed by atoms with Crippen LogP contribution in [-0.2, 0) is 11.4 Å². The highest BCUT2D eigenvalue weighted by molar-refractivity contribution is 9.10. The van der Waals surface area contributed by atoms with Crippen molar-refractivity contribution in [2.75, 3.05) is 0 Å². The Hall–Kier alpha value is -2.27. The predicted octanol–water partition coefficient (Wildman–Crippen LogP) is 3.83. The van der Waals surface area contributed by atoms with Gasteiger partial charge in [0.2, 0.25) is 0 Å². The third-order valence-corrected chi connectivity index (χ3v) is 3.18. The van der Waals surface area contributed by atoms with Crippen LogP contribution >= 0.6 is 15.9 Å². The van der Waals surface area contributed by atoms with E-state index in [-0.39, 0.29) is 12.4 Å². The summed E-state index contributed by atoms with van der Waals surface area (Å²) in [5.41, 5.74) is 1.48. The zero-order valence-electron chi connectivity index (χ0n) is 11.0. The summed E-state index contributed by atoms with van der Waals surface area (Å²) in [7, 11) is 0. The number of phenols is 1. The van der Waals surface area contributed by atoms with Crippen molar-refractivity contribution in [2.45, 2.75) is 6.61 Å². The maximum Gasteiger partial charge on any atom is 0.328 e. The molecule has 0 heterocycles. The van der Waals surface area contributed by atoms with Gasteiger partial charge < -0.3 is 14.9 Å². The van der Waals surface area contributed by atoms with Gasteiger partial charge >= 0.3 is 5.97 Å². The van der Waals surface area contributed by atoms with Gasteiger partial charge in [-0.05, 0) is 42.0 Å². The number of carboxylic acids is 1. The van der Waals surface area contributed by atoms with Gasteiger partial charge in [-0.2, -0.15) is 0 Å². The SMILES string of the molecule is O=C(O)/C=C/c1cc(Br)ccc1OCc1cccc(O)c1. The Labute approximate surface area is 130 Å². The van der Waals surface area contributed by atoms with Crippen LogP contribution in [0.4, 0.5) is 0 Å². The predicted molar refractivity (Wildman–Crippen MR) is 83.3 cm³/mol. The molecular formula is C16H13BrO4. The summed E-state index contributed by atoms with van der Waals surface area (Å²) in [4.78, 5) is 10.6. The van der Waals surface area contributed by atoms with Gasteiger partial charge in [-0.1, -0.05) is 28.1 Å². The molecule has 5 heteroatoms. The van der Waals surface area contributed by atoms with E-state index < -0.39 is 5.97 Å². The standard InChI is InChI=1S/C16H13BrO4/c17-13-5-6-15(12(9-13)4-7-16(19)20)21-10-11-2-1-3-14(18)8-11/h1-9,18H,10H2,(H,19,20)/b7-4+. The van der Waals surface area contributed by atoms with E-state index in [0.717, 1.165) is 16.1 Å². The maximum atomic E-state index is 10.6. The lowest BCUT2D eigenvalue weighted by Crippen LogP contribution is -1.97. The Morgan fingerprint density at radius 1 is 1.24 bits per heavy atom. The molecule has 2 aromatic carbocycles. The quantitative estimate of drug-likeness (QED) is 0.805. The van der Waals surface area contributed by atoms with E-state index in [1.807, 2.05) is 12.1 Å². The Morgan fingerprint density at radius 3 is 2.76 bits per heavy atom. The van der Waals surface area contributed by atoms with Crippen molar-refractivity contribution >= 4 is 28.0 Å². The van der Waals surface area contributed by atoms with Crippen LogP contribution in [0.3, 0.4) is 0 Å². The third kappa shape index (κ3) is 4.65. The third-order valence-electron chi connectivity index (χ3n) is 2.68. The van der Waals surface area contributed by atoms with Gasteiger partial charge in [-0.15, -0.1) is 0 Å². The normalized spacial score (nSPS) is 10.7. The Bertz CT molecular complexity index is 680. The second-order valence-electron chi connectivity index (χ2n) is 4.31. The van der Waals surface area contributed by atoms with E-state index in [0.29, 0.717) is 11.3 Å². The van der Waals surface area contributed by atoms with E-state index in [1.165, 1.54) is 6.08 Å². The molecule has 2 aromatic rings. The average molecular weight is 349 g/mol. The first kappa shape index (κ1) is 15.1. The summed E-state index contributed by atoms with van der Waals surface area (Å²) in [5.74, 6) is -0.272. The summed E-state index contributed by atoms with van der Waals surface area (Å²) in [5, 5.41) is 18.1. The molecule has 0 amide bonds. The lowest BCUT2D eigenvalue weighted by Gasteiger charge is -2.10. The minimum atomic E-state index is -1.02. The summed E-state index contributed by atoms with van der Waals surface area (Å²) >= 11 is 3.34. The Balaban J connectivity index is 2.17. The van der Waals surface area contributed by atoms with Gasteiger partial charge in [-0.25, -0.2) is 4.79 Å². The maximum absolute atomic E-state index is 10.6. The van der Waals surface area contributed by atoms with Crippen molar-refractivity contribution in [1.82, 2.24) is 0 Å². The molecule has 0 radical (unpaired) electrons. The molecule has 2 N–H and O–H groups in total. The van der Waals surface area contributed by atoms with Crippen molar-refractivity contribution < 1.29 is 19.7 Å². The highest BCUT2D eigenvalue weighted by atomic mass is 79.9. The van der Waals surface area contributed by atoms with E-state index >= 15 is 0 Å². The highest BCUT2D eigenvalue weighted by Gasteiger charge is 2.04. The number of hydrogen-bond donors (Lipinski definition) is 2. The van der Waals surface area contributed by atoms with Gasteiger partial charge in [0.15, 0.2) is 0 Å².